The Bertz CT molecular complexity index is 347. The number of anilines is 2. The zero-order chi connectivity index (χ0) is 9.68. The first-order chi connectivity index (χ1) is 6.24. The summed E-state index contributed by atoms with van der Waals surface area (Å²) in [5.74, 6) is 6.51. The van der Waals surface area contributed by atoms with Gasteiger partial charge in [0, 0.05) is 0 Å². The first kappa shape index (κ1) is 9.40. The summed E-state index contributed by atoms with van der Waals surface area (Å²) in [5.41, 5.74) is 7.37. The molecule has 1 heterocycles. The summed E-state index contributed by atoms with van der Waals surface area (Å²) in [6, 6.07) is 1.91. The van der Waals surface area contributed by atoms with Gasteiger partial charge < -0.3 is 11.1 Å². The molecule has 1 aromatic heterocycles. The van der Waals surface area contributed by atoms with Crippen LogP contribution in [0.15, 0.2) is 12.3 Å². The SMILES string of the molecule is CC#CCNc1cc(C)c(N)cn1. The molecule has 0 saturated heterocycles. The molecule has 0 atom stereocenters. The second-order valence-electron chi connectivity index (χ2n) is 2.71. The van der Waals surface area contributed by atoms with Gasteiger partial charge >= 0.3 is 0 Å². The van der Waals surface area contributed by atoms with Gasteiger partial charge in [-0.15, -0.1) is 5.92 Å². The van der Waals surface area contributed by atoms with Crippen molar-refractivity contribution < 1.29 is 0 Å². The van der Waals surface area contributed by atoms with Crippen molar-refractivity contribution in [3.63, 3.8) is 0 Å². The number of pyridine rings is 1. The molecular formula is C10H13N3. The van der Waals surface area contributed by atoms with E-state index < -0.39 is 0 Å². The summed E-state index contributed by atoms with van der Waals surface area (Å²) in [7, 11) is 0. The quantitative estimate of drug-likeness (QED) is 0.668. The number of hydrogen-bond donors (Lipinski definition) is 2. The van der Waals surface area contributed by atoms with Crippen LogP contribution in [-0.4, -0.2) is 11.5 Å². The Balaban J connectivity index is 2.66. The molecule has 0 aromatic carbocycles. The lowest BCUT2D eigenvalue weighted by atomic mass is 10.2. The number of rotatable bonds is 2. The molecule has 0 bridgehead atoms. The molecule has 3 heteroatoms. The standard InChI is InChI=1S/C10H13N3/c1-3-4-5-12-10-6-8(2)9(11)7-13-10/h6-7H,5,11H2,1-2H3,(H,12,13). The minimum Gasteiger partial charge on any atom is -0.397 e. The van der Waals surface area contributed by atoms with Crippen LogP contribution in [0, 0.1) is 18.8 Å². The second kappa shape index (κ2) is 4.36. The Morgan fingerprint density at radius 3 is 3.00 bits per heavy atom. The average molecular weight is 175 g/mol. The lowest BCUT2D eigenvalue weighted by molar-refractivity contribution is 1.23. The maximum Gasteiger partial charge on any atom is 0.127 e. The van der Waals surface area contributed by atoms with Gasteiger partial charge in [0.1, 0.15) is 5.82 Å². The maximum absolute atomic E-state index is 5.63. The van der Waals surface area contributed by atoms with Crippen LogP contribution >= 0.6 is 0 Å². The molecule has 0 fully saturated rings. The van der Waals surface area contributed by atoms with E-state index in [9.17, 15) is 0 Å². The van der Waals surface area contributed by atoms with E-state index in [1.165, 1.54) is 0 Å². The lowest BCUT2D eigenvalue weighted by Crippen LogP contribution is -2.02. The highest BCUT2D eigenvalue weighted by atomic mass is 15.0. The smallest absolute Gasteiger partial charge is 0.127 e. The van der Waals surface area contributed by atoms with Gasteiger partial charge in [-0.1, -0.05) is 5.92 Å². The Kier molecular flexibility index (Phi) is 3.15. The average Bonchev–Trinajstić information content (AvgIpc) is 2.12. The van der Waals surface area contributed by atoms with Gasteiger partial charge in [-0.2, -0.15) is 0 Å². The molecule has 3 N–H and O–H groups in total. The number of nitrogens with zero attached hydrogens (tertiary/aromatic N) is 1. The van der Waals surface area contributed by atoms with E-state index in [0.717, 1.165) is 11.4 Å². The highest BCUT2D eigenvalue weighted by Crippen LogP contribution is 2.12. The monoisotopic (exact) mass is 175 g/mol. The fraction of sp³-hybridized carbons (Fsp3) is 0.300. The molecule has 0 aliphatic rings. The highest BCUT2D eigenvalue weighted by Gasteiger charge is 1.95. The van der Waals surface area contributed by atoms with Gasteiger partial charge in [-0.25, -0.2) is 4.98 Å². The van der Waals surface area contributed by atoms with E-state index in [0.29, 0.717) is 12.2 Å². The van der Waals surface area contributed by atoms with Crippen molar-refractivity contribution in [2.24, 2.45) is 0 Å². The summed E-state index contributed by atoms with van der Waals surface area (Å²) >= 11 is 0. The number of nitrogens with two attached hydrogens (primary N) is 1. The number of nitrogen functional groups attached to an aromatic ring is 1. The third kappa shape index (κ3) is 2.68. The zero-order valence-corrected chi connectivity index (χ0v) is 7.89. The number of aryl methyl sites for hydroxylation is 1. The van der Waals surface area contributed by atoms with E-state index in [1.54, 1.807) is 6.20 Å². The molecule has 0 radical (unpaired) electrons. The van der Waals surface area contributed by atoms with Crippen molar-refractivity contribution in [1.29, 1.82) is 0 Å². The Morgan fingerprint density at radius 2 is 2.38 bits per heavy atom. The predicted molar refractivity (Wildman–Crippen MR) is 55.3 cm³/mol. The van der Waals surface area contributed by atoms with Gasteiger partial charge in [0.15, 0.2) is 0 Å². The van der Waals surface area contributed by atoms with Crippen LogP contribution in [0.3, 0.4) is 0 Å². The zero-order valence-electron chi connectivity index (χ0n) is 7.89. The van der Waals surface area contributed by atoms with Crippen molar-refractivity contribution in [3.8, 4) is 11.8 Å². The number of nitrogens with one attached hydrogen (secondary N) is 1. The molecule has 0 unspecified atom stereocenters. The predicted octanol–water partition coefficient (Wildman–Crippen LogP) is 1.41. The third-order valence-corrected chi connectivity index (χ3v) is 1.69. The summed E-state index contributed by atoms with van der Waals surface area (Å²) < 4.78 is 0. The van der Waals surface area contributed by atoms with Gasteiger partial charge in [0.25, 0.3) is 0 Å². The van der Waals surface area contributed by atoms with Gasteiger partial charge in [0.2, 0.25) is 0 Å². The molecule has 1 rings (SSSR count). The highest BCUT2D eigenvalue weighted by molar-refractivity contribution is 5.51. The van der Waals surface area contributed by atoms with E-state index >= 15 is 0 Å². The van der Waals surface area contributed by atoms with E-state index in [-0.39, 0.29) is 0 Å². The van der Waals surface area contributed by atoms with Gasteiger partial charge in [-0.05, 0) is 25.5 Å². The van der Waals surface area contributed by atoms with Crippen molar-refractivity contribution in [2.75, 3.05) is 17.6 Å². The molecule has 0 spiro atoms. The molecular weight excluding hydrogens is 162 g/mol. The normalized spacial score (nSPS) is 8.77. The van der Waals surface area contributed by atoms with Crippen LogP contribution in [0.5, 0.6) is 0 Å². The molecule has 0 amide bonds. The van der Waals surface area contributed by atoms with Crippen LogP contribution in [0.2, 0.25) is 0 Å². The molecule has 0 aliphatic heterocycles. The Labute approximate surface area is 78.4 Å². The van der Waals surface area contributed by atoms with Crippen molar-refractivity contribution in [2.45, 2.75) is 13.8 Å². The van der Waals surface area contributed by atoms with Crippen LogP contribution in [0.4, 0.5) is 11.5 Å². The summed E-state index contributed by atoms with van der Waals surface area (Å²) in [6.45, 7) is 4.38. The third-order valence-electron chi connectivity index (χ3n) is 1.69. The number of aromatic nitrogens is 1. The largest absolute Gasteiger partial charge is 0.397 e. The van der Waals surface area contributed by atoms with E-state index in [2.05, 4.69) is 22.1 Å². The van der Waals surface area contributed by atoms with E-state index in [1.807, 2.05) is 19.9 Å². The first-order valence-corrected chi connectivity index (χ1v) is 4.09. The van der Waals surface area contributed by atoms with Gasteiger partial charge in [-0.3, -0.25) is 0 Å². The van der Waals surface area contributed by atoms with Gasteiger partial charge in [0.05, 0.1) is 18.4 Å². The summed E-state index contributed by atoms with van der Waals surface area (Å²) in [4.78, 5) is 4.11. The molecule has 3 nitrogen and oxygen atoms in total. The summed E-state index contributed by atoms with van der Waals surface area (Å²) in [6.07, 6.45) is 1.65. The molecule has 0 saturated carbocycles. The first-order valence-electron chi connectivity index (χ1n) is 4.09. The van der Waals surface area contributed by atoms with E-state index in [4.69, 9.17) is 5.73 Å². The number of hydrogen-bond acceptors (Lipinski definition) is 3. The summed E-state index contributed by atoms with van der Waals surface area (Å²) in [5, 5.41) is 3.07. The molecule has 1 aromatic rings. The van der Waals surface area contributed by atoms with Crippen molar-refractivity contribution >= 4 is 11.5 Å². The van der Waals surface area contributed by atoms with Crippen LogP contribution in [0.1, 0.15) is 12.5 Å². The van der Waals surface area contributed by atoms with Crippen LogP contribution in [-0.2, 0) is 0 Å². The van der Waals surface area contributed by atoms with Crippen LogP contribution < -0.4 is 11.1 Å². The van der Waals surface area contributed by atoms with Crippen molar-refractivity contribution in [3.05, 3.63) is 17.8 Å². The lowest BCUT2D eigenvalue weighted by Gasteiger charge is -2.03. The van der Waals surface area contributed by atoms with Crippen LogP contribution in [0.25, 0.3) is 0 Å². The second-order valence-corrected chi connectivity index (χ2v) is 2.71. The maximum atomic E-state index is 5.63. The topological polar surface area (TPSA) is 50.9 Å². The van der Waals surface area contributed by atoms with Crippen molar-refractivity contribution in [1.82, 2.24) is 4.98 Å². The Hall–Kier alpha value is -1.69. The Morgan fingerprint density at radius 1 is 1.62 bits per heavy atom. The molecule has 13 heavy (non-hydrogen) atoms. The minimum atomic E-state index is 0.618. The fourth-order valence-corrected chi connectivity index (χ4v) is 0.886. The fourth-order valence-electron chi connectivity index (χ4n) is 0.886. The molecule has 0 aliphatic carbocycles. The minimum absolute atomic E-state index is 0.618. The molecule has 68 valence electrons.